The molecule has 0 saturated carbocycles. The number of nitrogens with zero attached hydrogens (tertiary/aromatic N) is 2. The number of unbranched alkanes of at least 4 members (excludes halogenated alkanes) is 1. The second-order valence-electron chi connectivity index (χ2n) is 4.34. The molecule has 18 heavy (non-hydrogen) atoms. The Labute approximate surface area is 107 Å². The summed E-state index contributed by atoms with van der Waals surface area (Å²) in [4.78, 5) is 14.9. The average Bonchev–Trinajstić information content (AvgIpc) is 2.74. The van der Waals surface area contributed by atoms with Gasteiger partial charge in [0.15, 0.2) is 0 Å². The van der Waals surface area contributed by atoms with E-state index < -0.39 is 0 Å². The smallest absolute Gasteiger partial charge is 0.207 e. The molecule has 4 heteroatoms. The first kappa shape index (κ1) is 12.6. The molecule has 1 amide bonds. The number of aromatic nitrogens is 2. The molecule has 4 nitrogen and oxygen atoms in total. The van der Waals surface area contributed by atoms with Crippen molar-refractivity contribution >= 4 is 17.4 Å². The van der Waals surface area contributed by atoms with Gasteiger partial charge in [0, 0.05) is 19.5 Å². The lowest BCUT2D eigenvalue weighted by molar-refractivity contribution is -0.109. The fourth-order valence-electron chi connectivity index (χ4n) is 2.12. The molecule has 1 heterocycles. The van der Waals surface area contributed by atoms with Crippen LogP contribution in [0.3, 0.4) is 0 Å². The van der Waals surface area contributed by atoms with Crippen LogP contribution in [-0.2, 0) is 17.8 Å². The van der Waals surface area contributed by atoms with Crippen molar-refractivity contribution < 1.29 is 4.79 Å². The standard InChI is InChI=1S/C14H19N3O/c1-2-3-10-17-13-7-5-4-6-12(13)16-14(17)8-9-15-11-18/h4-7,11H,2-3,8-10H2,1H3,(H,15,18). The van der Waals surface area contributed by atoms with Crippen LogP contribution in [0.2, 0.25) is 0 Å². The number of amides is 1. The minimum atomic E-state index is 0.638. The van der Waals surface area contributed by atoms with Gasteiger partial charge in [0.25, 0.3) is 0 Å². The Bertz CT molecular complexity index is 519. The van der Waals surface area contributed by atoms with E-state index in [9.17, 15) is 4.79 Å². The van der Waals surface area contributed by atoms with Gasteiger partial charge in [-0.15, -0.1) is 0 Å². The van der Waals surface area contributed by atoms with Crippen molar-refractivity contribution in [2.24, 2.45) is 0 Å². The molecule has 0 aliphatic carbocycles. The van der Waals surface area contributed by atoms with Crippen LogP contribution in [0.25, 0.3) is 11.0 Å². The topological polar surface area (TPSA) is 46.9 Å². The zero-order chi connectivity index (χ0) is 12.8. The fraction of sp³-hybridized carbons (Fsp3) is 0.429. The van der Waals surface area contributed by atoms with Crippen molar-refractivity contribution in [3.63, 3.8) is 0 Å². The number of benzene rings is 1. The van der Waals surface area contributed by atoms with E-state index >= 15 is 0 Å². The first-order valence-corrected chi connectivity index (χ1v) is 6.48. The molecular formula is C14H19N3O. The molecule has 2 aromatic rings. The zero-order valence-corrected chi connectivity index (χ0v) is 10.7. The van der Waals surface area contributed by atoms with E-state index in [1.54, 1.807) is 0 Å². The van der Waals surface area contributed by atoms with Crippen molar-refractivity contribution in [3.8, 4) is 0 Å². The van der Waals surface area contributed by atoms with Crippen LogP contribution in [0.4, 0.5) is 0 Å². The van der Waals surface area contributed by atoms with Crippen molar-refractivity contribution in [2.45, 2.75) is 32.7 Å². The third-order valence-corrected chi connectivity index (χ3v) is 3.05. The fourth-order valence-corrected chi connectivity index (χ4v) is 2.12. The van der Waals surface area contributed by atoms with Crippen molar-refractivity contribution in [1.29, 1.82) is 0 Å². The van der Waals surface area contributed by atoms with E-state index in [0.29, 0.717) is 6.54 Å². The normalized spacial score (nSPS) is 10.7. The van der Waals surface area contributed by atoms with Gasteiger partial charge in [-0.1, -0.05) is 25.5 Å². The van der Waals surface area contributed by atoms with E-state index in [4.69, 9.17) is 0 Å². The highest BCUT2D eigenvalue weighted by atomic mass is 16.1. The monoisotopic (exact) mass is 245 g/mol. The molecule has 1 aromatic carbocycles. The summed E-state index contributed by atoms with van der Waals surface area (Å²) in [6, 6.07) is 8.19. The van der Waals surface area contributed by atoms with E-state index in [-0.39, 0.29) is 0 Å². The highest BCUT2D eigenvalue weighted by molar-refractivity contribution is 5.75. The number of para-hydroxylation sites is 2. The van der Waals surface area contributed by atoms with Gasteiger partial charge in [0.2, 0.25) is 6.41 Å². The number of fused-ring (bicyclic) bond motifs is 1. The largest absolute Gasteiger partial charge is 0.358 e. The molecule has 1 aromatic heterocycles. The Kier molecular flexibility index (Phi) is 4.34. The summed E-state index contributed by atoms with van der Waals surface area (Å²) in [5.41, 5.74) is 2.22. The van der Waals surface area contributed by atoms with Crippen LogP contribution >= 0.6 is 0 Å². The molecule has 0 unspecified atom stereocenters. The summed E-state index contributed by atoms with van der Waals surface area (Å²) in [6.07, 6.45) is 3.82. The third kappa shape index (κ3) is 2.70. The molecule has 0 bridgehead atoms. The molecule has 0 saturated heterocycles. The summed E-state index contributed by atoms with van der Waals surface area (Å²) < 4.78 is 2.27. The number of aryl methyl sites for hydroxylation is 1. The maximum atomic E-state index is 10.3. The first-order valence-electron chi connectivity index (χ1n) is 6.48. The number of carbonyl (C=O) groups excluding carboxylic acids is 1. The van der Waals surface area contributed by atoms with Crippen LogP contribution in [0, 0.1) is 0 Å². The Hall–Kier alpha value is -1.84. The summed E-state index contributed by atoms with van der Waals surface area (Å²) in [7, 11) is 0. The Morgan fingerprint density at radius 3 is 3.00 bits per heavy atom. The first-order chi connectivity index (χ1) is 8.86. The highest BCUT2D eigenvalue weighted by Crippen LogP contribution is 2.17. The van der Waals surface area contributed by atoms with Crippen LogP contribution in [0.15, 0.2) is 24.3 Å². The van der Waals surface area contributed by atoms with E-state index in [2.05, 4.69) is 27.9 Å². The molecule has 2 rings (SSSR count). The third-order valence-electron chi connectivity index (χ3n) is 3.05. The molecule has 0 fully saturated rings. The molecular weight excluding hydrogens is 226 g/mol. The van der Waals surface area contributed by atoms with Gasteiger partial charge in [0.05, 0.1) is 11.0 Å². The van der Waals surface area contributed by atoms with Crippen LogP contribution in [0.5, 0.6) is 0 Å². The summed E-state index contributed by atoms with van der Waals surface area (Å²) in [5.74, 6) is 1.05. The maximum absolute atomic E-state index is 10.3. The predicted molar refractivity (Wildman–Crippen MR) is 72.4 cm³/mol. The van der Waals surface area contributed by atoms with Crippen molar-refractivity contribution in [2.75, 3.05) is 6.54 Å². The van der Waals surface area contributed by atoms with Gasteiger partial charge in [-0.2, -0.15) is 0 Å². The second kappa shape index (κ2) is 6.19. The highest BCUT2D eigenvalue weighted by Gasteiger charge is 2.09. The van der Waals surface area contributed by atoms with Gasteiger partial charge < -0.3 is 9.88 Å². The molecule has 0 atom stereocenters. The Balaban J connectivity index is 2.27. The average molecular weight is 245 g/mol. The minimum absolute atomic E-state index is 0.638. The molecule has 0 radical (unpaired) electrons. The van der Waals surface area contributed by atoms with E-state index in [1.807, 2.05) is 18.2 Å². The number of nitrogens with one attached hydrogen (secondary N) is 1. The van der Waals surface area contributed by atoms with Crippen LogP contribution in [-0.4, -0.2) is 22.5 Å². The van der Waals surface area contributed by atoms with E-state index in [0.717, 1.165) is 37.1 Å². The van der Waals surface area contributed by atoms with Gasteiger partial charge in [-0.05, 0) is 18.6 Å². The molecule has 0 aliphatic heterocycles. The summed E-state index contributed by atoms with van der Waals surface area (Å²) in [5, 5.41) is 2.69. The molecule has 96 valence electrons. The van der Waals surface area contributed by atoms with Gasteiger partial charge in [-0.25, -0.2) is 4.98 Å². The lowest BCUT2D eigenvalue weighted by Gasteiger charge is -2.08. The van der Waals surface area contributed by atoms with Crippen LogP contribution < -0.4 is 5.32 Å². The predicted octanol–water partition coefficient (Wildman–Crippen LogP) is 2.12. The molecule has 0 aliphatic rings. The van der Waals surface area contributed by atoms with Crippen molar-refractivity contribution in [1.82, 2.24) is 14.9 Å². The quantitative estimate of drug-likeness (QED) is 0.600. The lowest BCUT2D eigenvalue weighted by atomic mass is 10.3. The zero-order valence-electron chi connectivity index (χ0n) is 10.7. The molecule has 1 N–H and O–H groups in total. The number of rotatable bonds is 7. The molecule has 0 spiro atoms. The van der Waals surface area contributed by atoms with Crippen molar-refractivity contribution in [3.05, 3.63) is 30.1 Å². The minimum Gasteiger partial charge on any atom is -0.358 e. The summed E-state index contributed by atoms with van der Waals surface area (Å²) in [6.45, 7) is 3.82. The maximum Gasteiger partial charge on any atom is 0.207 e. The Morgan fingerprint density at radius 2 is 2.22 bits per heavy atom. The SMILES string of the molecule is CCCCn1c(CCNC=O)nc2ccccc21. The van der Waals surface area contributed by atoms with E-state index in [1.165, 1.54) is 11.9 Å². The van der Waals surface area contributed by atoms with Gasteiger partial charge >= 0.3 is 0 Å². The number of hydrogen-bond acceptors (Lipinski definition) is 2. The number of hydrogen-bond donors (Lipinski definition) is 1. The van der Waals surface area contributed by atoms with Crippen LogP contribution in [0.1, 0.15) is 25.6 Å². The Morgan fingerprint density at radius 1 is 1.39 bits per heavy atom. The number of carbonyl (C=O) groups is 1. The number of imidazole rings is 1. The second-order valence-corrected chi connectivity index (χ2v) is 4.34. The van der Waals surface area contributed by atoms with Gasteiger partial charge in [0.1, 0.15) is 5.82 Å². The summed E-state index contributed by atoms with van der Waals surface area (Å²) >= 11 is 0. The lowest BCUT2D eigenvalue weighted by Crippen LogP contribution is -2.17. The van der Waals surface area contributed by atoms with Gasteiger partial charge in [-0.3, -0.25) is 4.79 Å².